The fourth-order valence-electron chi connectivity index (χ4n) is 6.22. The van der Waals surface area contributed by atoms with Crippen LogP contribution in [0.15, 0.2) is 140 Å². The summed E-state index contributed by atoms with van der Waals surface area (Å²) < 4.78 is 4.79. The van der Waals surface area contributed by atoms with E-state index < -0.39 is 0 Å². The predicted molar refractivity (Wildman–Crippen MR) is 165 cm³/mol. The first kappa shape index (κ1) is 22.0. The van der Waals surface area contributed by atoms with Crippen LogP contribution in [0.1, 0.15) is 11.3 Å². The van der Waals surface area contributed by atoms with E-state index in [1.54, 1.807) is 0 Å². The highest BCUT2D eigenvalue weighted by molar-refractivity contribution is 6.10. The smallest absolute Gasteiger partial charge is 0.0541 e. The van der Waals surface area contributed by atoms with Crippen molar-refractivity contribution in [2.45, 2.75) is 6.42 Å². The van der Waals surface area contributed by atoms with Crippen LogP contribution in [0.2, 0.25) is 0 Å². The Bertz CT molecular complexity index is 2070. The van der Waals surface area contributed by atoms with Crippen molar-refractivity contribution in [1.82, 2.24) is 9.13 Å². The van der Waals surface area contributed by atoms with Gasteiger partial charge in [-0.1, -0.05) is 91.0 Å². The Morgan fingerprint density at radius 2 is 1.05 bits per heavy atom. The number of rotatable bonds is 3. The van der Waals surface area contributed by atoms with Gasteiger partial charge in [0.15, 0.2) is 0 Å². The number of fused-ring (bicyclic) bond motifs is 6. The van der Waals surface area contributed by atoms with Gasteiger partial charge in [0.05, 0.1) is 16.6 Å². The third kappa shape index (κ3) is 3.42. The molecule has 0 N–H and O–H groups in total. The maximum Gasteiger partial charge on any atom is 0.0541 e. The molecule has 7 aromatic rings. The van der Waals surface area contributed by atoms with Gasteiger partial charge in [0.25, 0.3) is 0 Å². The number of para-hydroxylation sites is 3. The van der Waals surface area contributed by atoms with Crippen molar-refractivity contribution in [3.8, 4) is 22.5 Å². The number of hydrogen-bond donors (Lipinski definition) is 0. The van der Waals surface area contributed by atoms with Gasteiger partial charge in [-0.15, -0.1) is 0 Å². The van der Waals surface area contributed by atoms with Crippen LogP contribution in [-0.4, -0.2) is 9.13 Å². The van der Waals surface area contributed by atoms with E-state index in [9.17, 15) is 0 Å². The molecule has 0 saturated heterocycles. The first-order chi connectivity index (χ1) is 19.4. The summed E-state index contributed by atoms with van der Waals surface area (Å²) in [5.74, 6) is 0. The maximum absolute atomic E-state index is 2.42. The van der Waals surface area contributed by atoms with Crippen molar-refractivity contribution in [1.29, 1.82) is 0 Å². The number of nitrogens with zero attached hydrogens (tertiary/aromatic N) is 2. The molecule has 2 heterocycles. The lowest BCUT2D eigenvalue weighted by Gasteiger charge is -2.10. The molecule has 0 atom stereocenters. The fourth-order valence-corrected chi connectivity index (χ4v) is 6.22. The predicted octanol–water partition coefficient (Wildman–Crippen LogP) is 9.52. The van der Waals surface area contributed by atoms with Crippen molar-refractivity contribution in [3.05, 3.63) is 151 Å². The minimum Gasteiger partial charge on any atom is -0.313 e. The third-order valence-corrected chi connectivity index (χ3v) is 7.96. The lowest BCUT2D eigenvalue weighted by atomic mass is 10.00. The van der Waals surface area contributed by atoms with E-state index in [2.05, 4.69) is 155 Å². The average molecular weight is 499 g/mol. The van der Waals surface area contributed by atoms with Gasteiger partial charge in [0.2, 0.25) is 0 Å². The van der Waals surface area contributed by atoms with E-state index in [4.69, 9.17) is 0 Å². The standard InChI is InChI=1S/C37H26N2/c1-4-12-28(13-5-1)38-34-18-9-3-8-16-30(34)32-24-26(20-22-36(32)38)27-21-23-37-33(25-27)31-17-10-11-19-35(31)39(37)29-14-6-2-7-15-29/h1-17,19-25H,18H2. The minimum absolute atomic E-state index is 0.909. The van der Waals surface area contributed by atoms with Crippen LogP contribution in [0, 0.1) is 0 Å². The van der Waals surface area contributed by atoms with Crippen LogP contribution in [-0.2, 0) is 6.42 Å². The van der Waals surface area contributed by atoms with Gasteiger partial charge in [-0.25, -0.2) is 0 Å². The molecule has 0 aliphatic heterocycles. The average Bonchev–Trinajstić information content (AvgIpc) is 3.37. The molecule has 0 unspecified atom stereocenters. The zero-order chi connectivity index (χ0) is 25.8. The molecule has 0 amide bonds. The first-order valence-corrected chi connectivity index (χ1v) is 13.5. The minimum atomic E-state index is 0.909. The maximum atomic E-state index is 2.42. The zero-order valence-electron chi connectivity index (χ0n) is 21.5. The van der Waals surface area contributed by atoms with Crippen molar-refractivity contribution in [2.24, 2.45) is 0 Å². The molecule has 1 aliphatic carbocycles. The summed E-state index contributed by atoms with van der Waals surface area (Å²) in [4.78, 5) is 0. The molecule has 0 saturated carbocycles. The second kappa shape index (κ2) is 8.75. The van der Waals surface area contributed by atoms with E-state index in [0.29, 0.717) is 0 Å². The molecule has 1 aliphatic rings. The largest absolute Gasteiger partial charge is 0.313 e. The molecule has 5 aromatic carbocycles. The lowest BCUT2D eigenvalue weighted by Crippen LogP contribution is -1.99. The van der Waals surface area contributed by atoms with Crippen molar-refractivity contribution < 1.29 is 0 Å². The molecule has 0 spiro atoms. The normalized spacial score (nSPS) is 12.8. The number of aromatic nitrogens is 2. The van der Waals surface area contributed by atoms with E-state index >= 15 is 0 Å². The summed E-state index contributed by atoms with van der Waals surface area (Å²) >= 11 is 0. The van der Waals surface area contributed by atoms with E-state index in [0.717, 1.165) is 6.42 Å². The molecule has 2 aromatic heterocycles. The first-order valence-electron chi connectivity index (χ1n) is 13.5. The van der Waals surface area contributed by atoms with Gasteiger partial charge in [0, 0.05) is 45.2 Å². The van der Waals surface area contributed by atoms with E-state index in [1.807, 2.05) is 0 Å². The van der Waals surface area contributed by atoms with Crippen molar-refractivity contribution in [3.63, 3.8) is 0 Å². The summed E-state index contributed by atoms with van der Waals surface area (Å²) in [6, 6.07) is 43.9. The quantitative estimate of drug-likeness (QED) is 0.230. The Morgan fingerprint density at radius 3 is 1.79 bits per heavy atom. The molecule has 8 rings (SSSR count). The number of hydrogen-bond acceptors (Lipinski definition) is 0. The van der Waals surface area contributed by atoms with Gasteiger partial charge < -0.3 is 9.13 Å². The highest BCUT2D eigenvalue weighted by Gasteiger charge is 2.18. The van der Waals surface area contributed by atoms with E-state index in [1.165, 1.54) is 66.5 Å². The van der Waals surface area contributed by atoms with Crippen molar-refractivity contribution in [2.75, 3.05) is 0 Å². The second-order valence-electron chi connectivity index (χ2n) is 10.2. The summed E-state index contributed by atoms with van der Waals surface area (Å²) in [5, 5.41) is 3.84. The Balaban J connectivity index is 1.35. The SMILES string of the molecule is C1=CCc2c(c3cc(-c4ccc5c(c4)c4ccccc4n5-c4ccccc4)ccc3n2-c2ccccc2)C=C1. The highest BCUT2D eigenvalue weighted by Crippen LogP contribution is 2.38. The molecule has 2 heteroatoms. The van der Waals surface area contributed by atoms with Crippen molar-refractivity contribution >= 4 is 38.8 Å². The molecule has 39 heavy (non-hydrogen) atoms. The van der Waals surface area contributed by atoms with Gasteiger partial charge in [-0.2, -0.15) is 0 Å². The number of benzene rings is 5. The Labute approximate surface area is 227 Å². The summed E-state index contributed by atoms with van der Waals surface area (Å²) in [7, 11) is 0. The van der Waals surface area contributed by atoms with Crippen LogP contribution in [0.4, 0.5) is 0 Å². The zero-order valence-corrected chi connectivity index (χ0v) is 21.5. The van der Waals surface area contributed by atoms with Crippen LogP contribution in [0.5, 0.6) is 0 Å². The van der Waals surface area contributed by atoms with Crippen LogP contribution >= 0.6 is 0 Å². The summed E-state index contributed by atoms with van der Waals surface area (Å²) in [6.45, 7) is 0. The third-order valence-electron chi connectivity index (χ3n) is 7.96. The lowest BCUT2D eigenvalue weighted by molar-refractivity contribution is 1.00. The Hall–Kier alpha value is -5.08. The topological polar surface area (TPSA) is 9.86 Å². The summed E-state index contributed by atoms with van der Waals surface area (Å²) in [6.07, 6.45) is 9.74. The summed E-state index contributed by atoms with van der Waals surface area (Å²) in [5.41, 5.74) is 11.2. The fraction of sp³-hybridized carbons (Fsp3) is 0.0270. The van der Waals surface area contributed by atoms with Gasteiger partial charge in [-0.3, -0.25) is 0 Å². The van der Waals surface area contributed by atoms with Crippen LogP contribution < -0.4 is 0 Å². The number of allylic oxidation sites excluding steroid dienone is 3. The van der Waals surface area contributed by atoms with Crippen LogP contribution in [0.25, 0.3) is 61.3 Å². The molecule has 2 nitrogen and oxygen atoms in total. The Kier molecular flexibility index (Phi) is 4.92. The molecular weight excluding hydrogens is 472 g/mol. The molecule has 0 radical (unpaired) electrons. The molecule has 0 bridgehead atoms. The van der Waals surface area contributed by atoms with Gasteiger partial charge >= 0.3 is 0 Å². The molecular formula is C37H26N2. The highest BCUT2D eigenvalue weighted by atomic mass is 15.0. The molecule has 184 valence electrons. The van der Waals surface area contributed by atoms with Gasteiger partial charge in [-0.05, 0) is 65.7 Å². The monoisotopic (exact) mass is 498 g/mol. The van der Waals surface area contributed by atoms with Crippen LogP contribution in [0.3, 0.4) is 0 Å². The molecule has 0 fully saturated rings. The Morgan fingerprint density at radius 1 is 0.462 bits per heavy atom. The van der Waals surface area contributed by atoms with E-state index in [-0.39, 0.29) is 0 Å². The second-order valence-corrected chi connectivity index (χ2v) is 10.2. The van der Waals surface area contributed by atoms with Gasteiger partial charge in [0.1, 0.15) is 0 Å².